The smallest absolute Gasteiger partial charge is 0.0738 e. The minimum Gasteiger partial charge on any atom is -0.396 e. The van der Waals surface area contributed by atoms with Crippen LogP contribution in [0, 0.1) is 6.92 Å². The summed E-state index contributed by atoms with van der Waals surface area (Å²) in [5.41, 5.74) is 8.64. The molecule has 3 N–H and O–H groups in total. The van der Waals surface area contributed by atoms with Gasteiger partial charge in [-0.1, -0.05) is 0 Å². The Kier molecular flexibility index (Phi) is 2.77. The molecule has 2 rings (SSSR count). The van der Waals surface area contributed by atoms with Crippen LogP contribution in [-0.2, 0) is 0 Å². The number of anilines is 2. The molecule has 1 aliphatic rings. The van der Waals surface area contributed by atoms with Gasteiger partial charge in [-0.25, -0.2) is 0 Å². The molecular weight excluding hydrogens is 190 g/mol. The quantitative estimate of drug-likeness (QED) is 0.719. The van der Waals surface area contributed by atoms with Crippen molar-refractivity contribution in [1.29, 1.82) is 0 Å². The molecule has 82 valence electrons. The van der Waals surface area contributed by atoms with Crippen molar-refractivity contribution >= 4 is 11.4 Å². The number of hydrogen-bond donors (Lipinski definition) is 2. The average Bonchev–Trinajstić information content (AvgIpc) is 2.23. The molecule has 0 amide bonds. The third kappa shape index (κ3) is 2.21. The van der Waals surface area contributed by atoms with Gasteiger partial charge in [0.2, 0.25) is 0 Å². The fourth-order valence-electron chi connectivity index (χ4n) is 1.94. The second-order valence-corrected chi connectivity index (χ2v) is 4.10. The molecule has 2 heterocycles. The van der Waals surface area contributed by atoms with Crippen molar-refractivity contribution in [3.63, 3.8) is 0 Å². The van der Waals surface area contributed by atoms with E-state index in [4.69, 9.17) is 5.73 Å². The van der Waals surface area contributed by atoms with E-state index in [-0.39, 0.29) is 6.10 Å². The maximum Gasteiger partial charge on any atom is 0.0738 e. The molecule has 0 spiro atoms. The minimum atomic E-state index is -0.148. The molecule has 1 aliphatic heterocycles. The third-order valence-corrected chi connectivity index (χ3v) is 2.85. The van der Waals surface area contributed by atoms with E-state index in [1.54, 1.807) is 6.20 Å². The fraction of sp³-hybridized carbons (Fsp3) is 0.545. The first kappa shape index (κ1) is 10.2. The Labute approximate surface area is 89.7 Å². The molecule has 0 aliphatic carbocycles. The van der Waals surface area contributed by atoms with Crippen molar-refractivity contribution in [3.8, 4) is 0 Å². The second kappa shape index (κ2) is 4.06. The van der Waals surface area contributed by atoms with E-state index in [2.05, 4.69) is 9.88 Å². The molecule has 0 unspecified atom stereocenters. The third-order valence-electron chi connectivity index (χ3n) is 2.85. The number of pyridine rings is 1. The number of aliphatic hydroxyl groups is 1. The van der Waals surface area contributed by atoms with Crippen LogP contribution in [0.3, 0.4) is 0 Å². The maximum absolute atomic E-state index is 9.43. The first-order valence-corrected chi connectivity index (χ1v) is 5.32. The van der Waals surface area contributed by atoms with Gasteiger partial charge in [0.05, 0.1) is 23.7 Å². The largest absolute Gasteiger partial charge is 0.396 e. The number of piperidine rings is 1. The van der Waals surface area contributed by atoms with E-state index in [0.29, 0.717) is 0 Å². The lowest BCUT2D eigenvalue weighted by atomic mass is 10.1. The van der Waals surface area contributed by atoms with Gasteiger partial charge >= 0.3 is 0 Å². The highest BCUT2D eigenvalue weighted by atomic mass is 16.3. The molecule has 0 radical (unpaired) electrons. The predicted octanol–water partition coefficient (Wildman–Crippen LogP) is 0.933. The summed E-state index contributed by atoms with van der Waals surface area (Å²) in [7, 11) is 0. The molecule has 1 saturated heterocycles. The van der Waals surface area contributed by atoms with E-state index in [1.165, 1.54) is 0 Å². The molecule has 0 atom stereocenters. The zero-order valence-corrected chi connectivity index (χ0v) is 8.98. The second-order valence-electron chi connectivity index (χ2n) is 4.10. The summed E-state index contributed by atoms with van der Waals surface area (Å²) in [6.45, 7) is 3.70. The Morgan fingerprint density at radius 1 is 1.47 bits per heavy atom. The van der Waals surface area contributed by atoms with E-state index < -0.39 is 0 Å². The lowest BCUT2D eigenvalue weighted by Crippen LogP contribution is -2.36. The summed E-state index contributed by atoms with van der Waals surface area (Å²) in [6.07, 6.45) is 3.20. The number of rotatable bonds is 1. The van der Waals surface area contributed by atoms with Crippen molar-refractivity contribution in [3.05, 3.63) is 18.0 Å². The molecule has 1 aromatic rings. The predicted molar refractivity (Wildman–Crippen MR) is 60.8 cm³/mol. The highest BCUT2D eigenvalue weighted by Crippen LogP contribution is 2.26. The van der Waals surface area contributed by atoms with Crippen molar-refractivity contribution in [2.24, 2.45) is 0 Å². The lowest BCUT2D eigenvalue weighted by Gasteiger charge is -2.32. The van der Waals surface area contributed by atoms with Gasteiger partial charge in [-0.3, -0.25) is 4.98 Å². The Morgan fingerprint density at radius 2 is 2.13 bits per heavy atom. The SMILES string of the molecule is Cc1cc(N2CCC(O)CC2)c(N)cn1. The van der Waals surface area contributed by atoms with Crippen LogP contribution in [0.1, 0.15) is 18.5 Å². The molecular formula is C11H17N3O. The van der Waals surface area contributed by atoms with Crippen LogP contribution in [0.25, 0.3) is 0 Å². The van der Waals surface area contributed by atoms with Crippen LogP contribution < -0.4 is 10.6 Å². The van der Waals surface area contributed by atoms with Gasteiger partial charge in [0.15, 0.2) is 0 Å². The van der Waals surface area contributed by atoms with Crippen LogP contribution in [0.5, 0.6) is 0 Å². The highest BCUT2D eigenvalue weighted by molar-refractivity contribution is 5.67. The Morgan fingerprint density at radius 3 is 2.80 bits per heavy atom. The first-order chi connectivity index (χ1) is 7.16. The van der Waals surface area contributed by atoms with Crippen molar-refractivity contribution in [1.82, 2.24) is 4.98 Å². The number of nitrogens with two attached hydrogens (primary N) is 1. The number of aryl methyl sites for hydroxylation is 1. The molecule has 1 aromatic heterocycles. The zero-order valence-electron chi connectivity index (χ0n) is 8.98. The van der Waals surface area contributed by atoms with E-state index in [0.717, 1.165) is 43.0 Å². The van der Waals surface area contributed by atoms with Gasteiger partial charge in [0, 0.05) is 18.8 Å². The standard InChI is InChI=1S/C11H17N3O/c1-8-6-11(10(12)7-13-8)14-4-2-9(15)3-5-14/h6-7,9,15H,2-5,12H2,1H3. The number of hydrogen-bond acceptors (Lipinski definition) is 4. The zero-order chi connectivity index (χ0) is 10.8. The molecule has 1 fully saturated rings. The summed E-state index contributed by atoms with van der Waals surface area (Å²) in [6, 6.07) is 2.01. The molecule has 0 bridgehead atoms. The van der Waals surface area contributed by atoms with Crippen molar-refractivity contribution < 1.29 is 5.11 Å². The summed E-state index contributed by atoms with van der Waals surface area (Å²) in [5, 5.41) is 9.43. The summed E-state index contributed by atoms with van der Waals surface area (Å²) < 4.78 is 0. The molecule has 4 heteroatoms. The molecule has 4 nitrogen and oxygen atoms in total. The monoisotopic (exact) mass is 207 g/mol. The van der Waals surface area contributed by atoms with Gasteiger partial charge < -0.3 is 15.7 Å². The topological polar surface area (TPSA) is 62.4 Å². The normalized spacial score (nSPS) is 18.1. The highest BCUT2D eigenvalue weighted by Gasteiger charge is 2.18. The minimum absolute atomic E-state index is 0.148. The van der Waals surface area contributed by atoms with Crippen LogP contribution in [-0.4, -0.2) is 29.3 Å². The van der Waals surface area contributed by atoms with E-state index in [1.807, 2.05) is 13.0 Å². The maximum atomic E-state index is 9.43. The van der Waals surface area contributed by atoms with Gasteiger partial charge in [-0.2, -0.15) is 0 Å². The van der Waals surface area contributed by atoms with Crippen molar-refractivity contribution in [2.75, 3.05) is 23.7 Å². The number of aromatic nitrogens is 1. The van der Waals surface area contributed by atoms with Gasteiger partial charge in [0.25, 0.3) is 0 Å². The number of nitrogen functional groups attached to an aromatic ring is 1. The summed E-state index contributed by atoms with van der Waals surface area (Å²) in [5.74, 6) is 0. The number of aliphatic hydroxyl groups excluding tert-OH is 1. The molecule has 0 saturated carbocycles. The van der Waals surface area contributed by atoms with Crippen LogP contribution in [0.4, 0.5) is 11.4 Å². The Hall–Kier alpha value is -1.29. The van der Waals surface area contributed by atoms with Gasteiger partial charge in [0.1, 0.15) is 0 Å². The molecule has 15 heavy (non-hydrogen) atoms. The van der Waals surface area contributed by atoms with E-state index >= 15 is 0 Å². The Balaban J connectivity index is 2.18. The molecule has 0 aromatic carbocycles. The van der Waals surface area contributed by atoms with Crippen molar-refractivity contribution in [2.45, 2.75) is 25.9 Å². The average molecular weight is 207 g/mol. The Bertz CT molecular complexity index is 346. The van der Waals surface area contributed by atoms with Crippen LogP contribution in [0.2, 0.25) is 0 Å². The van der Waals surface area contributed by atoms with Gasteiger partial charge in [-0.05, 0) is 25.8 Å². The summed E-state index contributed by atoms with van der Waals surface area (Å²) >= 11 is 0. The lowest BCUT2D eigenvalue weighted by molar-refractivity contribution is 0.145. The fourth-order valence-corrected chi connectivity index (χ4v) is 1.94. The van der Waals surface area contributed by atoms with Gasteiger partial charge in [-0.15, -0.1) is 0 Å². The van der Waals surface area contributed by atoms with Crippen LogP contribution >= 0.6 is 0 Å². The van der Waals surface area contributed by atoms with Crippen LogP contribution in [0.15, 0.2) is 12.3 Å². The summed E-state index contributed by atoms with van der Waals surface area (Å²) in [4.78, 5) is 6.37. The first-order valence-electron chi connectivity index (χ1n) is 5.32. The number of nitrogens with zero attached hydrogens (tertiary/aromatic N) is 2. The van der Waals surface area contributed by atoms with E-state index in [9.17, 15) is 5.11 Å².